The fraction of sp³-hybridized carbons (Fsp3) is 0.500. The number of hydrogen-bond acceptors (Lipinski definition) is 3. The molecule has 0 aromatic carbocycles. The molecule has 0 spiro atoms. The minimum Gasteiger partial charge on any atom is -0.293 e. The van der Waals surface area contributed by atoms with Crippen molar-refractivity contribution in [1.82, 2.24) is 0 Å². The summed E-state index contributed by atoms with van der Waals surface area (Å²) in [5.74, 6) is 0. The van der Waals surface area contributed by atoms with Crippen LogP contribution in [-0.4, -0.2) is 37.3 Å². The summed E-state index contributed by atoms with van der Waals surface area (Å²) in [6.45, 7) is 0.818. The van der Waals surface area contributed by atoms with E-state index in [1.54, 1.807) is 12.4 Å². The van der Waals surface area contributed by atoms with Gasteiger partial charge in [-0.2, -0.15) is 0 Å². The van der Waals surface area contributed by atoms with Gasteiger partial charge in [0, 0.05) is 18.6 Å². The van der Waals surface area contributed by atoms with Crippen molar-refractivity contribution >= 4 is 18.6 Å². The first-order valence-electron chi connectivity index (χ1n) is 3.02. The van der Waals surface area contributed by atoms with Gasteiger partial charge in [-0.05, 0) is 0 Å². The Balaban J connectivity index is 2.25. The van der Waals surface area contributed by atoms with Gasteiger partial charge in [0.25, 0.3) is 0 Å². The summed E-state index contributed by atoms with van der Waals surface area (Å²) < 4.78 is 0. The zero-order valence-electron chi connectivity index (χ0n) is 4.94. The molecule has 2 heterocycles. The molecule has 2 rings (SSSR count). The first-order chi connectivity index (χ1) is 4.47. The van der Waals surface area contributed by atoms with Crippen molar-refractivity contribution in [3.63, 3.8) is 0 Å². The lowest BCUT2D eigenvalue weighted by Gasteiger charge is -2.10. The van der Waals surface area contributed by atoms with Crippen molar-refractivity contribution in [3.05, 3.63) is 0 Å². The van der Waals surface area contributed by atoms with E-state index in [0.717, 1.165) is 6.54 Å². The molecule has 0 aromatic heterocycles. The summed E-state index contributed by atoms with van der Waals surface area (Å²) in [6, 6.07) is 0.560. The molecule has 2 aliphatic heterocycles. The number of rotatable bonds is 0. The third-order valence-corrected chi connectivity index (χ3v) is 1.55. The van der Waals surface area contributed by atoms with E-state index < -0.39 is 0 Å². The van der Waals surface area contributed by atoms with Gasteiger partial charge in [0.15, 0.2) is 0 Å². The van der Waals surface area contributed by atoms with Gasteiger partial charge in [-0.15, -0.1) is 0 Å². The van der Waals surface area contributed by atoms with Crippen LogP contribution in [0.15, 0.2) is 15.0 Å². The highest BCUT2D eigenvalue weighted by atomic mass is 15.0. The van der Waals surface area contributed by atoms with Crippen molar-refractivity contribution < 1.29 is 0 Å². The molecule has 3 nitrogen and oxygen atoms in total. The minimum absolute atomic E-state index is 0.245. The van der Waals surface area contributed by atoms with Crippen molar-refractivity contribution in [2.45, 2.75) is 12.1 Å². The molecule has 0 aliphatic carbocycles. The zero-order chi connectivity index (χ0) is 6.10. The summed E-state index contributed by atoms with van der Waals surface area (Å²) in [6.07, 6.45) is 5.35. The van der Waals surface area contributed by atoms with E-state index in [0.29, 0.717) is 6.04 Å². The summed E-state index contributed by atoms with van der Waals surface area (Å²) in [4.78, 5) is 12.4. The Morgan fingerprint density at radius 1 is 1.22 bits per heavy atom. The van der Waals surface area contributed by atoms with E-state index in [4.69, 9.17) is 0 Å². The Kier molecular flexibility index (Phi) is 0.946. The fourth-order valence-corrected chi connectivity index (χ4v) is 1.04. The van der Waals surface area contributed by atoms with E-state index in [9.17, 15) is 0 Å². The van der Waals surface area contributed by atoms with Crippen LogP contribution in [0.3, 0.4) is 0 Å². The number of hydrogen-bond donors (Lipinski definition) is 0. The highest BCUT2D eigenvalue weighted by Crippen LogP contribution is 2.09. The van der Waals surface area contributed by atoms with Crippen LogP contribution >= 0.6 is 0 Å². The zero-order valence-corrected chi connectivity index (χ0v) is 4.94. The highest BCUT2D eigenvalue weighted by molar-refractivity contribution is 6.17. The number of nitrogens with zero attached hydrogens (tertiary/aromatic N) is 3. The third-order valence-electron chi connectivity index (χ3n) is 1.55. The smallest absolute Gasteiger partial charge is 0.109 e. The molecule has 9 heavy (non-hydrogen) atoms. The molecule has 0 N–H and O–H groups in total. The van der Waals surface area contributed by atoms with E-state index >= 15 is 0 Å². The second-order valence-electron chi connectivity index (χ2n) is 2.17. The summed E-state index contributed by atoms with van der Waals surface area (Å²) in [5, 5.41) is 0. The maximum Gasteiger partial charge on any atom is 0.109 e. The van der Waals surface area contributed by atoms with E-state index in [-0.39, 0.29) is 6.04 Å². The maximum atomic E-state index is 4.19. The van der Waals surface area contributed by atoms with Crippen molar-refractivity contribution in [2.75, 3.05) is 6.54 Å². The van der Waals surface area contributed by atoms with Crippen LogP contribution < -0.4 is 0 Å². The molecule has 46 valence electrons. The lowest BCUT2D eigenvalue weighted by molar-refractivity contribution is 0.681. The molecule has 3 heteroatoms. The van der Waals surface area contributed by atoms with Crippen LogP contribution in [0.2, 0.25) is 0 Å². The molecule has 0 saturated heterocycles. The predicted molar refractivity (Wildman–Crippen MR) is 37.9 cm³/mol. The molecule has 0 aromatic rings. The molecular weight excluding hydrogens is 114 g/mol. The lowest BCUT2D eigenvalue weighted by atomic mass is 10.2. The first kappa shape index (κ1) is 4.85. The summed E-state index contributed by atoms with van der Waals surface area (Å²) in [5.41, 5.74) is 0. The normalized spacial score (nSPS) is 37.3. The maximum absolute atomic E-state index is 4.19. The van der Waals surface area contributed by atoms with Crippen molar-refractivity contribution in [3.8, 4) is 0 Å². The van der Waals surface area contributed by atoms with E-state index in [1.165, 1.54) is 0 Å². The van der Waals surface area contributed by atoms with Crippen LogP contribution in [-0.2, 0) is 0 Å². The molecule has 2 unspecified atom stereocenters. The molecule has 0 radical (unpaired) electrons. The molecule has 0 bridgehead atoms. The average Bonchev–Trinajstić information content (AvgIpc) is 2.33. The van der Waals surface area contributed by atoms with Crippen LogP contribution in [0.1, 0.15) is 0 Å². The third kappa shape index (κ3) is 0.686. The van der Waals surface area contributed by atoms with Crippen LogP contribution in [0.25, 0.3) is 0 Å². The monoisotopic (exact) mass is 121 g/mol. The van der Waals surface area contributed by atoms with Gasteiger partial charge in [-0.25, -0.2) is 0 Å². The van der Waals surface area contributed by atoms with Crippen molar-refractivity contribution in [2.24, 2.45) is 15.0 Å². The highest BCUT2D eigenvalue weighted by Gasteiger charge is 2.22. The first-order valence-corrected chi connectivity index (χ1v) is 3.02. The minimum atomic E-state index is 0.245. The Hall–Kier alpha value is -0.990. The molecule has 0 amide bonds. The van der Waals surface area contributed by atoms with Gasteiger partial charge < -0.3 is 0 Å². The number of fused-ring (bicyclic) bond motifs is 1. The second kappa shape index (κ2) is 1.76. The fourth-order valence-electron chi connectivity index (χ4n) is 1.04. The van der Waals surface area contributed by atoms with Crippen LogP contribution in [0.5, 0.6) is 0 Å². The summed E-state index contributed by atoms with van der Waals surface area (Å²) in [7, 11) is 0. The van der Waals surface area contributed by atoms with Gasteiger partial charge >= 0.3 is 0 Å². The Morgan fingerprint density at radius 2 is 2.11 bits per heavy atom. The average molecular weight is 121 g/mol. The Morgan fingerprint density at radius 3 is 3.00 bits per heavy atom. The standard InChI is InChI=1S/C6H7N3/c1-2-9-6-4-7-3-5(6)8-1/h1-3,5-6H,4H2. The molecule has 2 atom stereocenters. The van der Waals surface area contributed by atoms with Gasteiger partial charge in [-0.3, -0.25) is 15.0 Å². The quantitative estimate of drug-likeness (QED) is 0.431. The summed E-state index contributed by atoms with van der Waals surface area (Å²) >= 11 is 0. The lowest BCUT2D eigenvalue weighted by Crippen LogP contribution is -2.24. The van der Waals surface area contributed by atoms with Crippen molar-refractivity contribution in [1.29, 1.82) is 0 Å². The Bertz CT molecular complexity index is 192. The van der Waals surface area contributed by atoms with E-state index in [2.05, 4.69) is 15.0 Å². The van der Waals surface area contributed by atoms with Gasteiger partial charge in [0.1, 0.15) is 6.04 Å². The molecule has 2 aliphatic rings. The number of aliphatic imine (C=N–C) groups is 3. The van der Waals surface area contributed by atoms with Crippen LogP contribution in [0, 0.1) is 0 Å². The predicted octanol–water partition coefficient (Wildman–Crippen LogP) is -0.0368. The van der Waals surface area contributed by atoms with E-state index in [1.807, 2.05) is 6.21 Å². The SMILES string of the molecule is C1=NCC2N=CC=NC12. The van der Waals surface area contributed by atoms with Gasteiger partial charge in [0.05, 0.1) is 12.6 Å². The second-order valence-corrected chi connectivity index (χ2v) is 2.17. The van der Waals surface area contributed by atoms with Gasteiger partial charge in [-0.1, -0.05) is 0 Å². The van der Waals surface area contributed by atoms with Crippen LogP contribution in [0.4, 0.5) is 0 Å². The molecule has 0 fully saturated rings. The topological polar surface area (TPSA) is 37.1 Å². The molecular formula is C6H7N3. The largest absolute Gasteiger partial charge is 0.293 e. The van der Waals surface area contributed by atoms with Gasteiger partial charge in [0.2, 0.25) is 0 Å². The molecule has 0 saturated carbocycles. The Labute approximate surface area is 53.2 Å².